The summed E-state index contributed by atoms with van der Waals surface area (Å²) < 4.78 is 33.3. The smallest absolute Gasteiger partial charge is 0.243 e. The van der Waals surface area contributed by atoms with Crippen LogP contribution in [-0.2, 0) is 10.0 Å². The van der Waals surface area contributed by atoms with Gasteiger partial charge in [0.1, 0.15) is 5.75 Å². The highest BCUT2D eigenvalue weighted by atomic mass is 32.2. The molecule has 1 fully saturated rings. The fourth-order valence-corrected chi connectivity index (χ4v) is 5.11. The molecule has 0 aliphatic carbocycles. The second-order valence-corrected chi connectivity index (χ2v) is 8.60. The molecule has 3 rings (SSSR count). The van der Waals surface area contributed by atoms with Crippen LogP contribution >= 0.6 is 0 Å². The molecule has 0 N–H and O–H groups in total. The Morgan fingerprint density at radius 1 is 0.885 bits per heavy atom. The minimum absolute atomic E-state index is 0.423. The Balaban J connectivity index is 1.80. The molecule has 0 radical (unpaired) electrons. The predicted octanol–water partition coefficient (Wildman–Crippen LogP) is 3.13. The van der Waals surface area contributed by atoms with Crippen LogP contribution in [-0.4, -0.2) is 46.0 Å². The van der Waals surface area contributed by atoms with Crippen molar-refractivity contribution in [3.63, 3.8) is 0 Å². The SMILES string of the molecule is COc1ccccc1N1CCN(S(=O)(=O)c2ccc(C)c(C)c2C)CC1. The van der Waals surface area contributed by atoms with Crippen molar-refractivity contribution in [1.82, 2.24) is 4.31 Å². The zero-order valence-corrected chi connectivity index (χ0v) is 16.6. The number of para-hydroxylation sites is 2. The van der Waals surface area contributed by atoms with E-state index in [0.29, 0.717) is 31.1 Å². The number of aryl methyl sites for hydroxylation is 1. The summed E-state index contributed by atoms with van der Waals surface area (Å²) in [4.78, 5) is 2.60. The molecule has 1 aliphatic rings. The van der Waals surface area contributed by atoms with Crippen LogP contribution in [0.25, 0.3) is 0 Å². The van der Waals surface area contributed by atoms with E-state index in [0.717, 1.165) is 28.1 Å². The van der Waals surface area contributed by atoms with Gasteiger partial charge in [-0.05, 0) is 55.7 Å². The first-order valence-corrected chi connectivity index (χ1v) is 10.2. The van der Waals surface area contributed by atoms with Crippen molar-refractivity contribution >= 4 is 15.7 Å². The zero-order valence-electron chi connectivity index (χ0n) is 15.8. The average molecular weight is 375 g/mol. The molecule has 140 valence electrons. The lowest BCUT2D eigenvalue weighted by Gasteiger charge is -2.36. The van der Waals surface area contributed by atoms with Crippen molar-refractivity contribution < 1.29 is 13.2 Å². The minimum atomic E-state index is -3.48. The number of methoxy groups -OCH3 is 1. The molecule has 0 amide bonds. The maximum Gasteiger partial charge on any atom is 0.243 e. The van der Waals surface area contributed by atoms with Gasteiger partial charge in [-0.3, -0.25) is 0 Å². The Kier molecular flexibility index (Phi) is 5.25. The van der Waals surface area contributed by atoms with E-state index in [4.69, 9.17) is 4.74 Å². The molecule has 0 atom stereocenters. The van der Waals surface area contributed by atoms with Gasteiger partial charge in [-0.2, -0.15) is 4.31 Å². The Bertz CT molecular complexity index is 901. The fraction of sp³-hybridized carbons (Fsp3) is 0.400. The summed E-state index contributed by atoms with van der Waals surface area (Å²) >= 11 is 0. The fourth-order valence-electron chi connectivity index (χ4n) is 3.41. The minimum Gasteiger partial charge on any atom is -0.495 e. The second kappa shape index (κ2) is 7.29. The van der Waals surface area contributed by atoms with Crippen molar-refractivity contribution in [3.8, 4) is 5.75 Å². The maximum atomic E-state index is 13.1. The molecule has 0 unspecified atom stereocenters. The van der Waals surface area contributed by atoms with Crippen molar-refractivity contribution in [2.45, 2.75) is 25.7 Å². The van der Waals surface area contributed by atoms with E-state index >= 15 is 0 Å². The number of nitrogens with zero attached hydrogens (tertiary/aromatic N) is 2. The molecule has 0 saturated carbocycles. The molecule has 1 heterocycles. The third kappa shape index (κ3) is 3.31. The van der Waals surface area contributed by atoms with Crippen molar-refractivity contribution in [2.24, 2.45) is 0 Å². The summed E-state index contributed by atoms with van der Waals surface area (Å²) in [5.74, 6) is 0.814. The van der Waals surface area contributed by atoms with E-state index < -0.39 is 10.0 Å². The molecule has 0 aromatic heterocycles. The Morgan fingerprint density at radius 2 is 1.54 bits per heavy atom. The van der Waals surface area contributed by atoms with Crippen LogP contribution in [0.2, 0.25) is 0 Å². The van der Waals surface area contributed by atoms with E-state index in [1.165, 1.54) is 0 Å². The first-order chi connectivity index (χ1) is 12.4. The van der Waals surface area contributed by atoms with Crippen LogP contribution in [0, 0.1) is 20.8 Å². The summed E-state index contributed by atoms with van der Waals surface area (Å²) in [5.41, 5.74) is 4.01. The Labute approximate surface area is 156 Å². The summed E-state index contributed by atoms with van der Waals surface area (Å²) in [5, 5.41) is 0. The van der Waals surface area contributed by atoms with E-state index in [1.54, 1.807) is 17.5 Å². The highest BCUT2D eigenvalue weighted by Crippen LogP contribution is 2.30. The first-order valence-electron chi connectivity index (χ1n) is 8.81. The van der Waals surface area contributed by atoms with Crippen LogP contribution in [0.4, 0.5) is 5.69 Å². The average Bonchev–Trinajstić information content (AvgIpc) is 2.66. The van der Waals surface area contributed by atoms with Crippen LogP contribution in [0.15, 0.2) is 41.3 Å². The monoisotopic (exact) mass is 374 g/mol. The zero-order chi connectivity index (χ0) is 18.9. The molecule has 2 aromatic carbocycles. The largest absolute Gasteiger partial charge is 0.495 e. The van der Waals surface area contributed by atoms with Crippen LogP contribution in [0.3, 0.4) is 0 Å². The number of sulfonamides is 1. The highest BCUT2D eigenvalue weighted by Gasteiger charge is 2.30. The summed E-state index contributed by atoms with van der Waals surface area (Å²) in [6, 6.07) is 11.5. The predicted molar refractivity (Wildman–Crippen MR) is 105 cm³/mol. The molecule has 1 aliphatic heterocycles. The van der Waals surface area contributed by atoms with Gasteiger partial charge in [-0.25, -0.2) is 8.42 Å². The number of hydrogen-bond donors (Lipinski definition) is 0. The van der Waals surface area contributed by atoms with E-state index in [1.807, 2.05) is 51.1 Å². The molecular formula is C20H26N2O3S. The standard InChI is InChI=1S/C20H26N2O3S/c1-15-9-10-20(17(3)16(15)2)26(23,24)22-13-11-21(12-14-22)18-7-5-6-8-19(18)25-4/h5-10H,11-14H2,1-4H3. The normalized spacial score (nSPS) is 15.9. The summed E-state index contributed by atoms with van der Waals surface area (Å²) in [7, 11) is -1.82. The third-order valence-corrected chi connectivity index (χ3v) is 7.33. The van der Waals surface area contributed by atoms with Crippen molar-refractivity contribution in [2.75, 3.05) is 38.2 Å². The summed E-state index contributed by atoms with van der Waals surface area (Å²) in [6.07, 6.45) is 0. The lowest BCUT2D eigenvalue weighted by molar-refractivity contribution is 0.378. The molecule has 26 heavy (non-hydrogen) atoms. The number of rotatable bonds is 4. The first kappa shape index (κ1) is 18.7. The molecule has 2 aromatic rings. The second-order valence-electron chi connectivity index (χ2n) is 6.69. The molecule has 6 heteroatoms. The third-order valence-electron chi connectivity index (χ3n) is 5.29. The van der Waals surface area contributed by atoms with E-state index in [-0.39, 0.29) is 0 Å². The quantitative estimate of drug-likeness (QED) is 0.825. The molecular weight excluding hydrogens is 348 g/mol. The lowest BCUT2D eigenvalue weighted by atomic mass is 10.1. The van der Waals surface area contributed by atoms with E-state index in [9.17, 15) is 8.42 Å². The summed E-state index contributed by atoms with van der Waals surface area (Å²) in [6.45, 7) is 8.08. The highest BCUT2D eigenvalue weighted by molar-refractivity contribution is 7.89. The van der Waals surface area contributed by atoms with Crippen LogP contribution < -0.4 is 9.64 Å². The van der Waals surface area contributed by atoms with Crippen LogP contribution in [0.5, 0.6) is 5.75 Å². The van der Waals surface area contributed by atoms with Gasteiger partial charge in [-0.1, -0.05) is 18.2 Å². The van der Waals surface area contributed by atoms with Crippen LogP contribution in [0.1, 0.15) is 16.7 Å². The van der Waals surface area contributed by atoms with Gasteiger partial charge in [-0.15, -0.1) is 0 Å². The topological polar surface area (TPSA) is 49.9 Å². The molecule has 1 saturated heterocycles. The number of benzene rings is 2. The van der Waals surface area contributed by atoms with Crippen molar-refractivity contribution in [3.05, 3.63) is 53.1 Å². The Morgan fingerprint density at radius 3 is 2.19 bits per heavy atom. The maximum absolute atomic E-state index is 13.1. The lowest BCUT2D eigenvalue weighted by Crippen LogP contribution is -2.48. The molecule has 5 nitrogen and oxygen atoms in total. The number of piperazine rings is 1. The number of hydrogen-bond acceptors (Lipinski definition) is 4. The van der Waals surface area contributed by atoms with Gasteiger partial charge >= 0.3 is 0 Å². The van der Waals surface area contributed by atoms with Crippen molar-refractivity contribution in [1.29, 1.82) is 0 Å². The Hall–Kier alpha value is -2.05. The van der Waals surface area contributed by atoms with Gasteiger partial charge in [0, 0.05) is 26.2 Å². The number of anilines is 1. The van der Waals surface area contributed by atoms with E-state index in [2.05, 4.69) is 4.90 Å². The van der Waals surface area contributed by atoms with Gasteiger partial charge in [0.15, 0.2) is 0 Å². The van der Waals surface area contributed by atoms with Gasteiger partial charge < -0.3 is 9.64 Å². The van der Waals surface area contributed by atoms with Gasteiger partial charge in [0.25, 0.3) is 0 Å². The molecule has 0 bridgehead atoms. The van der Waals surface area contributed by atoms with Gasteiger partial charge in [0.05, 0.1) is 17.7 Å². The van der Waals surface area contributed by atoms with Gasteiger partial charge in [0.2, 0.25) is 10.0 Å². The molecule has 0 spiro atoms. The number of ether oxygens (including phenoxy) is 1.